The van der Waals surface area contributed by atoms with E-state index in [4.69, 9.17) is 32.7 Å². The van der Waals surface area contributed by atoms with Crippen molar-refractivity contribution in [1.29, 1.82) is 5.26 Å². The molecule has 3 aliphatic carbocycles. The van der Waals surface area contributed by atoms with Crippen LogP contribution in [0.5, 0.6) is 11.5 Å². The number of amides is 2. The highest BCUT2D eigenvalue weighted by Crippen LogP contribution is 2.50. The van der Waals surface area contributed by atoms with Crippen molar-refractivity contribution in [1.82, 2.24) is 10.6 Å². The number of hydrogen-bond acceptors (Lipinski definition) is 5. The Bertz CT molecular complexity index is 1210. The number of carbonyl (C=O) groups excluding carboxylic acids is 2. The van der Waals surface area contributed by atoms with Crippen molar-refractivity contribution in [3.63, 3.8) is 0 Å². The summed E-state index contributed by atoms with van der Waals surface area (Å²) in [4.78, 5) is 25.2. The molecule has 2 bridgehead atoms. The van der Waals surface area contributed by atoms with Crippen molar-refractivity contribution in [3.8, 4) is 17.6 Å². The number of halogens is 4. The minimum absolute atomic E-state index is 0.0429. The Morgan fingerprint density at radius 3 is 1.89 bits per heavy atom. The maximum absolute atomic E-state index is 13.6. The summed E-state index contributed by atoms with van der Waals surface area (Å²) in [5, 5.41) is 15.7. The largest absolute Gasteiger partial charge is 0.484 e. The molecule has 0 radical (unpaired) electrons. The van der Waals surface area contributed by atoms with Gasteiger partial charge in [-0.2, -0.15) is 5.26 Å². The molecule has 0 spiro atoms. The van der Waals surface area contributed by atoms with E-state index in [1.165, 1.54) is 24.3 Å². The van der Waals surface area contributed by atoms with E-state index < -0.39 is 34.5 Å². The summed E-state index contributed by atoms with van der Waals surface area (Å²) >= 11 is 11.3. The summed E-state index contributed by atoms with van der Waals surface area (Å²) in [7, 11) is 0. The van der Waals surface area contributed by atoms with Crippen molar-refractivity contribution in [3.05, 3.63) is 58.1 Å². The van der Waals surface area contributed by atoms with Crippen LogP contribution < -0.4 is 20.1 Å². The summed E-state index contributed by atoms with van der Waals surface area (Å²) in [6.45, 7) is -0.657. The number of hydrogen-bond donors (Lipinski definition) is 2. The number of nitrogens with one attached hydrogen (secondary N) is 2. The van der Waals surface area contributed by atoms with E-state index in [-0.39, 0.29) is 40.7 Å². The van der Waals surface area contributed by atoms with E-state index in [0.29, 0.717) is 32.1 Å². The van der Waals surface area contributed by atoms with Crippen molar-refractivity contribution in [2.24, 2.45) is 5.92 Å². The lowest BCUT2D eigenvalue weighted by molar-refractivity contribution is -0.131. The van der Waals surface area contributed by atoms with Gasteiger partial charge in [0, 0.05) is 17.7 Å². The third-order valence-corrected chi connectivity index (χ3v) is 7.45. The van der Waals surface area contributed by atoms with Gasteiger partial charge < -0.3 is 20.1 Å². The lowest BCUT2D eigenvalue weighted by Crippen LogP contribution is -2.68. The fourth-order valence-electron chi connectivity index (χ4n) is 4.95. The zero-order valence-electron chi connectivity index (χ0n) is 19.1. The summed E-state index contributed by atoms with van der Waals surface area (Å²) in [6.07, 6.45) is 2.49. The van der Waals surface area contributed by atoms with Gasteiger partial charge in [-0.25, -0.2) is 8.78 Å². The number of nitriles is 1. The fourth-order valence-corrected chi connectivity index (χ4v) is 5.18. The molecule has 3 aliphatic rings. The van der Waals surface area contributed by atoms with Crippen molar-refractivity contribution in [2.75, 3.05) is 13.2 Å². The molecule has 2 aromatic carbocycles. The highest BCUT2D eigenvalue weighted by Gasteiger charge is 2.56. The molecule has 0 saturated heterocycles. The van der Waals surface area contributed by atoms with Gasteiger partial charge in [0.15, 0.2) is 13.2 Å². The molecular weight excluding hydrogens is 515 g/mol. The third kappa shape index (κ3) is 5.66. The van der Waals surface area contributed by atoms with Gasteiger partial charge in [-0.1, -0.05) is 23.2 Å². The molecule has 1 unspecified atom stereocenters. The van der Waals surface area contributed by atoms with Gasteiger partial charge in [0.05, 0.1) is 27.6 Å². The maximum Gasteiger partial charge on any atom is 0.258 e. The van der Waals surface area contributed by atoms with E-state index in [1.54, 1.807) is 0 Å². The molecule has 2 amide bonds. The molecule has 0 aromatic heterocycles. The van der Waals surface area contributed by atoms with Crippen LogP contribution in [-0.2, 0) is 9.59 Å². The molecule has 2 N–H and O–H groups in total. The first kappa shape index (κ1) is 26.0. The Balaban J connectivity index is 1.31. The number of benzene rings is 2. The normalized spacial score (nSPS) is 24.5. The first-order valence-corrected chi connectivity index (χ1v) is 12.1. The monoisotopic (exact) mass is 537 g/mol. The molecule has 5 rings (SSSR count). The first-order valence-electron chi connectivity index (χ1n) is 11.3. The zero-order chi connectivity index (χ0) is 25.9. The van der Waals surface area contributed by atoms with Crippen LogP contribution in [0.4, 0.5) is 8.78 Å². The maximum atomic E-state index is 13.6. The Kier molecular flexibility index (Phi) is 7.57. The molecule has 2 aromatic rings. The Hall–Kier alpha value is -3.09. The van der Waals surface area contributed by atoms with Gasteiger partial charge >= 0.3 is 0 Å². The highest BCUT2D eigenvalue weighted by atomic mass is 35.5. The second kappa shape index (κ2) is 10.5. The second-order valence-corrected chi connectivity index (χ2v) is 9.96. The van der Waals surface area contributed by atoms with Crippen LogP contribution in [0.25, 0.3) is 0 Å². The highest BCUT2D eigenvalue weighted by molar-refractivity contribution is 6.31. The molecule has 190 valence electrons. The van der Waals surface area contributed by atoms with Gasteiger partial charge in [-0.15, -0.1) is 0 Å². The lowest BCUT2D eigenvalue weighted by Gasteiger charge is -2.56. The van der Waals surface area contributed by atoms with Crippen LogP contribution in [0.1, 0.15) is 32.1 Å². The van der Waals surface area contributed by atoms with Gasteiger partial charge in [0.1, 0.15) is 23.1 Å². The molecule has 36 heavy (non-hydrogen) atoms. The predicted octanol–water partition coefficient (Wildman–Crippen LogP) is 4.56. The Morgan fingerprint density at radius 2 is 1.42 bits per heavy atom. The minimum atomic E-state index is -0.732. The van der Waals surface area contributed by atoms with Gasteiger partial charge in [-0.05, 0) is 56.4 Å². The molecule has 0 heterocycles. The van der Waals surface area contributed by atoms with Crippen molar-refractivity contribution < 1.29 is 27.8 Å². The number of nitrogens with zero attached hydrogens (tertiary/aromatic N) is 1. The average molecular weight is 538 g/mol. The smallest absolute Gasteiger partial charge is 0.258 e. The van der Waals surface area contributed by atoms with Crippen LogP contribution >= 0.6 is 23.2 Å². The van der Waals surface area contributed by atoms with Gasteiger partial charge in [0.2, 0.25) is 0 Å². The number of rotatable bonds is 8. The number of ether oxygens (including phenoxy) is 2. The molecule has 7 nitrogen and oxygen atoms in total. The topological polar surface area (TPSA) is 100 Å². The summed E-state index contributed by atoms with van der Waals surface area (Å²) < 4.78 is 37.9. The quantitative estimate of drug-likeness (QED) is 0.514. The van der Waals surface area contributed by atoms with Gasteiger partial charge in [-0.3, -0.25) is 9.59 Å². The number of carbonyl (C=O) groups is 2. The predicted molar refractivity (Wildman–Crippen MR) is 128 cm³/mol. The van der Waals surface area contributed by atoms with E-state index >= 15 is 0 Å². The second-order valence-electron chi connectivity index (χ2n) is 9.15. The van der Waals surface area contributed by atoms with E-state index in [2.05, 4.69) is 16.7 Å². The van der Waals surface area contributed by atoms with E-state index in [9.17, 15) is 23.6 Å². The molecular formula is C25H23Cl2F2N3O4. The standard InChI is InChI=1S/C25H23Cl2F2N3O4/c26-18-3-1-16(9-20(18)28)35-13-22(33)31-24-5-7-25(8-6-24,15(11-24)12-30)32-23(34)14-36-17-2-4-19(27)21(29)10-17/h1-4,9-10,15H,5-8,11,13-14H2,(H,31,33)(H,32,34). The van der Waals surface area contributed by atoms with Crippen molar-refractivity contribution >= 4 is 35.0 Å². The van der Waals surface area contributed by atoms with Crippen molar-refractivity contribution in [2.45, 2.75) is 43.2 Å². The molecule has 3 saturated carbocycles. The summed E-state index contributed by atoms with van der Waals surface area (Å²) in [5.74, 6) is -2.29. The summed E-state index contributed by atoms with van der Waals surface area (Å²) in [5.41, 5.74) is -1.32. The van der Waals surface area contributed by atoms with E-state index in [0.717, 1.165) is 12.1 Å². The third-order valence-electron chi connectivity index (χ3n) is 6.83. The van der Waals surface area contributed by atoms with Crippen LogP contribution in [-0.4, -0.2) is 36.1 Å². The zero-order valence-corrected chi connectivity index (χ0v) is 20.6. The lowest BCUT2D eigenvalue weighted by atomic mass is 9.56. The molecule has 0 aliphatic heterocycles. The van der Waals surface area contributed by atoms with Crippen LogP contribution in [0.3, 0.4) is 0 Å². The van der Waals surface area contributed by atoms with E-state index in [1.807, 2.05) is 0 Å². The Labute approximate surface area is 216 Å². The van der Waals surface area contributed by atoms with Crippen LogP contribution in [0, 0.1) is 28.9 Å². The van der Waals surface area contributed by atoms with Crippen LogP contribution in [0.2, 0.25) is 10.0 Å². The fraction of sp³-hybridized carbons (Fsp3) is 0.400. The Morgan fingerprint density at radius 1 is 0.917 bits per heavy atom. The molecule has 11 heteroatoms. The van der Waals surface area contributed by atoms with Gasteiger partial charge in [0.25, 0.3) is 11.8 Å². The molecule has 1 atom stereocenters. The number of fused-ring (bicyclic) bond motifs is 3. The summed E-state index contributed by atoms with van der Waals surface area (Å²) in [6, 6.07) is 10.1. The SMILES string of the molecule is N#CC1CC2(NC(=O)COc3ccc(Cl)c(F)c3)CCC1(NC(=O)COc1ccc(Cl)c(F)c1)CC2. The molecule has 3 fully saturated rings. The average Bonchev–Trinajstić information content (AvgIpc) is 2.86. The first-order chi connectivity index (χ1) is 17.1. The van der Waals surface area contributed by atoms with Crippen LogP contribution in [0.15, 0.2) is 36.4 Å². The minimum Gasteiger partial charge on any atom is -0.484 e.